The van der Waals surface area contributed by atoms with Crippen LogP contribution in [0.15, 0.2) is 0 Å². The lowest BCUT2D eigenvalue weighted by atomic mass is 10.1. The average Bonchev–Trinajstić information content (AvgIpc) is 2.35. The van der Waals surface area contributed by atoms with Crippen LogP contribution in [0.4, 0.5) is 0 Å². The lowest BCUT2D eigenvalue weighted by molar-refractivity contribution is -0.149. The monoisotopic (exact) mass is 241 g/mol. The molecule has 96 valence electrons. The Morgan fingerprint density at radius 3 is 2.65 bits per heavy atom. The van der Waals surface area contributed by atoms with Crippen molar-refractivity contribution < 1.29 is 14.3 Å². The number of carbonyl (C=O) groups excluding carboxylic acids is 2. The summed E-state index contributed by atoms with van der Waals surface area (Å²) in [6.07, 6.45) is 0.863. The zero-order valence-corrected chi connectivity index (χ0v) is 9.93. The number of hydrogen-bond donors (Lipinski definition) is 1. The van der Waals surface area contributed by atoms with Gasteiger partial charge in [-0.25, -0.2) is 0 Å². The molecule has 0 radical (unpaired) electrons. The van der Waals surface area contributed by atoms with E-state index >= 15 is 0 Å². The molecule has 6 heteroatoms. The van der Waals surface area contributed by atoms with Crippen LogP contribution in [0.1, 0.15) is 12.8 Å². The molecule has 1 unspecified atom stereocenters. The van der Waals surface area contributed by atoms with Crippen molar-refractivity contribution in [2.45, 2.75) is 18.9 Å². The van der Waals surface area contributed by atoms with E-state index in [0.717, 1.165) is 26.3 Å². The summed E-state index contributed by atoms with van der Waals surface area (Å²) in [7, 11) is 0. The van der Waals surface area contributed by atoms with Gasteiger partial charge in [0.2, 0.25) is 11.8 Å². The fourth-order valence-electron chi connectivity index (χ4n) is 2.16. The maximum absolute atomic E-state index is 11.7. The second-order valence-electron chi connectivity index (χ2n) is 4.48. The van der Waals surface area contributed by atoms with Crippen molar-refractivity contribution in [3.8, 4) is 0 Å². The van der Waals surface area contributed by atoms with Crippen LogP contribution in [0.5, 0.6) is 0 Å². The van der Waals surface area contributed by atoms with E-state index in [1.165, 1.54) is 4.90 Å². The molecular weight excluding hydrogens is 222 g/mol. The van der Waals surface area contributed by atoms with E-state index in [1.807, 2.05) is 0 Å². The minimum Gasteiger partial charge on any atom is -0.379 e. The number of carbonyl (C=O) groups is 2. The fourth-order valence-corrected chi connectivity index (χ4v) is 2.16. The SMILES string of the molecule is NC1CCC(=O)N(CCN2CCOCC2)C1=O. The topological polar surface area (TPSA) is 75.9 Å². The second-order valence-corrected chi connectivity index (χ2v) is 4.48. The number of nitrogens with two attached hydrogens (primary N) is 1. The number of nitrogens with zero attached hydrogens (tertiary/aromatic N) is 2. The number of morpholine rings is 1. The smallest absolute Gasteiger partial charge is 0.246 e. The molecule has 2 aliphatic heterocycles. The summed E-state index contributed by atoms with van der Waals surface area (Å²) < 4.78 is 5.24. The maximum atomic E-state index is 11.7. The quantitative estimate of drug-likeness (QED) is 0.628. The summed E-state index contributed by atoms with van der Waals surface area (Å²) in [6, 6.07) is -0.502. The summed E-state index contributed by atoms with van der Waals surface area (Å²) in [5, 5.41) is 0. The largest absolute Gasteiger partial charge is 0.379 e. The van der Waals surface area contributed by atoms with Crippen molar-refractivity contribution >= 4 is 11.8 Å². The Bertz CT molecular complexity index is 302. The second kappa shape index (κ2) is 5.57. The Morgan fingerprint density at radius 1 is 1.24 bits per heavy atom. The highest BCUT2D eigenvalue weighted by molar-refractivity contribution is 6.00. The molecule has 1 atom stereocenters. The van der Waals surface area contributed by atoms with Gasteiger partial charge in [-0.05, 0) is 6.42 Å². The van der Waals surface area contributed by atoms with Crippen molar-refractivity contribution in [1.29, 1.82) is 0 Å². The van der Waals surface area contributed by atoms with Gasteiger partial charge in [-0.1, -0.05) is 0 Å². The Kier molecular flexibility index (Phi) is 4.09. The molecule has 2 amide bonds. The lowest BCUT2D eigenvalue weighted by Crippen LogP contribution is -2.53. The van der Waals surface area contributed by atoms with Gasteiger partial charge in [0.05, 0.1) is 19.3 Å². The third-order valence-electron chi connectivity index (χ3n) is 3.30. The van der Waals surface area contributed by atoms with Gasteiger partial charge in [0, 0.05) is 32.6 Å². The number of amides is 2. The van der Waals surface area contributed by atoms with Crippen LogP contribution in [0.25, 0.3) is 0 Å². The number of hydrogen-bond acceptors (Lipinski definition) is 5. The van der Waals surface area contributed by atoms with Crippen molar-refractivity contribution in [2.24, 2.45) is 5.73 Å². The van der Waals surface area contributed by atoms with E-state index in [2.05, 4.69) is 4.90 Å². The standard InChI is InChI=1S/C11H19N3O3/c12-9-1-2-10(15)14(11(9)16)4-3-13-5-7-17-8-6-13/h9H,1-8,12H2. The molecule has 2 fully saturated rings. The van der Waals surface area contributed by atoms with Gasteiger partial charge in [0.1, 0.15) is 0 Å². The Hall–Kier alpha value is -0.980. The van der Waals surface area contributed by atoms with Crippen LogP contribution in [-0.2, 0) is 14.3 Å². The highest BCUT2D eigenvalue weighted by Crippen LogP contribution is 2.11. The molecule has 17 heavy (non-hydrogen) atoms. The predicted octanol–water partition coefficient (Wildman–Crippen LogP) is -1.21. The molecule has 0 aromatic rings. The summed E-state index contributed by atoms with van der Waals surface area (Å²) in [5.74, 6) is -0.320. The van der Waals surface area contributed by atoms with E-state index in [1.54, 1.807) is 0 Å². The van der Waals surface area contributed by atoms with Gasteiger partial charge >= 0.3 is 0 Å². The van der Waals surface area contributed by atoms with E-state index < -0.39 is 6.04 Å². The Morgan fingerprint density at radius 2 is 1.94 bits per heavy atom. The number of ether oxygens (including phenoxy) is 1. The lowest BCUT2D eigenvalue weighted by Gasteiger charge is -2.32. The molecular formula is C11H19N3O3. The van der Waals surface area contributed by atoms with Gasteiger partial charge < -0.3 is 10.5 Å². The maximum Gasteiger partial charge on any atom is 0.246 e. The first-order valence-corrected chi connectivity index (χ1v) is 6.08. The van der Waals surface area contributed by atoms with Crippen molar-refractivity contribution in [3.05, 3.63) is 0 Å². The minimum absolute atomic E-state index is 0.0926. The molecule has 0 aliphatic carbocycles. The molecule has 2 saturated heterocycles. The molecule has 0 aromatic heterocycles. The third kappa shape index (κ3) is 3.02. The molecule has 2 N–H and O–H groups in total. The van der Waals surface area contributed by atoms with Gasteiger partial charge in [-0.2, -0.15) is 0 Å². The average molecular weight is 241 g/mol. The molecule has 0 saturated carbocycles. The number of rotatable bonds is 3. The molecule has 6 nitrogen and oxygen atoms in total. The van der Waals surface area contributed by atoms with E-state index in [-0.39, 0.29) is 11.8 Å². The highest BCUT2D eigenvalue weighted by atomic mass is 16.5. The number of imide groups is 1. The van der Waals surface area contributed by atoms with E-state index in [4.69, 9.17) is 10.5 Å². The summed E-state index contributed by atoms with van der Waals surface area (Å²) >= 11 is 0. The summed E-state index contributed by atoms with van der Waals surface area (Å²) in [6.45, 7) is 4.34. The minimum atomic E-state index is -0.502. The Labute approximate surface area is 101 Å². The fraction of sp³-hybridized carbons (Fsp3) is 0.818. The molecule has 0 aromatic carbocycles. The molecule has 0 spiro atoms. The zero-order valence-electron chi connectivity index (χ0n) is 9.93. The summed E-state index contributed by atoms with van der Waals surface area (Å²) in [5.41, 5.74) is 5.66. The zero-order chi connectivity index (χ0) is 12.3. The van der Waals surface area contributed by atoms with Crippen molar-refractivity contribution in [1.82, 2.24) is 9.80 Å². The van der Waals surface area contributed by atoms with Crippen molar-refractivity contribution in [3.63, 3.8) is 0 Å². The summed E-state index contributed by atoms with van der Waals surface area (Å²) in [4.78, 5) is 26.9. The van der Waals surface area contributed by atoms with Crippen LogP contribution in [0, 0.1) is 0 Å². The number of likely N-dealkylation sites (tertiary alicyclic amines) is 1. The van der Waals surface area contributed by atoms with Crippen LogP contribution in [0.2, 0.25) is 0 Å². The molecule has 2 heterocycles. The van der Waals surface area contributed by atoms with Gasteiger partial charge in [0.25, 0.3) is 0 Å². The highest BCUT2D eigenvalue weighted by Gasteiger charge is 2.31. The first-order chi connectivity index (χ1) is 8.18. The Balaban J connectivity index is 1.83. The normalized spacial score (nSPS) is 27.6. The van der Waals surface area contributed by atoms with Crippen LogP contribution >= 0.6 is 0 Å². The molecule has 0 bridgehead atoms. The first-order valence-electron chi connectivity index (χ1n) is 6.08. The van der Waals surface area contributed by atoms with Gasteiger partial charge in [-0.15, -0.1) is 0 Å². The molecule has 2 aliphatic rings. The van der Waals surface area contributed by atoms with E-state index in [9.17, 15) is 9.59 Å². The van der Waals surface area contributed by atoms with Crippen LogP contribution in [-0.4, -0.2) is 67.0 Å². The number of piperidine rings is 1. The first kappa shape index (κ1) is 12.5. The van der Waals surface area contributed by atoms with Crippen molar-refractivity contribution in [2.75, 3.05) is 39.4 Å². The van der Waals surface area contributed by atoms with Gasteiger partial charge in [-0.3, -0.25) is 19.4 Å². The third-order valence-corrected chi connectivity index (χ3v) is 3.30. The van der Waals surface area contributed by atoms with Crippen LogP contribution in [0.3, 0.4) is 0 Å². The van der Waals surface area contributed by atoms with E-state index in [0.29, 0.717) is 25.9 Å². The molecule has 2 rings (SSSR count). The van der Waals surface area contributed by atoms with Crippen LogP contribution < -0.4 is 5.73 Å². The predicted molar refractivity (Wildman–Crippen MR) is 61.2 cm³/mol. The van der Waals surface area contributed by atoms with Gasteiger partial charge in [0.15, 0.2) is 0 Å².